The van der Waals surface area contributed by atoms with Crippen molar-refractivity contribution in [2.75, 3.05) is 19.6 Å². The van der Waals surface area contributed by atoms with Crippen molar-refractivity contribution in [3.05, 3.63) is 33.8 Å². The van der Waals surface area contributed by atoms with Crippen molar-refractivity contribution in [1.82, 2.24) is 10.2 Å². The van der Waals surface area contributed by atoms with Crippen molar-refractivity contribution >= 4 is 29.1 Å². The molecule has 1 aliphatic heterocycles. The third-order valence-electron chi connectivity index (χ3n) is 3.88. The molecule has 0 saturated carbocycles. The number of halogens is 2. The number of carbonyl (C=O) groups excluding carboxylic acids is 1. The Balaban J connectivity index is 1.88. The molecule has 4 nitrogen and oxygen atoms in total. The Morgan fingerprint density at radius 3 is 2.71 bits per heavy atom. The summed E-state index contributed by atoms with van der Waals surface area (Å²) in [4.78, 5) is 13.0. The number of hydrogen-bond acceptors (Lipinski definition) is 3. The number of nitrogens with two attached hydrogens (primary N) is 1. The van der Waals surface area contributed by atoms with Crippen LogP contribution in [0.1, 0.15) is 31.4 Å². The second-order valence-electron chi connectivity index (χ2n) is 5.57. The second-order valence-corrected chi connectivity index (χ2v) is 6.41. The van der Waals surface area contributed by atoms with Crippen molar-refractivity contribution < 1.29 is 4.79 Å². The largest absolute Gasteiger partial charge is 0.369 e. The summed E-state index contributed by atoms with van der Waals surface area (Å²) in [6, 6.07) is 6.09. The van der Waals surface area contributed by atoms with Gasteiger partial charge in [-0.3, -0.25) is 9.69 Å². The molecule has 1 aromatic rings. The normalized spacial score (nSPS) is 18.6. The average molecular weight is 330 g/mol. The Morgan fingerprint density at radius 1 is 1.43 bits per heavy atom. The molecule has 116 valence electrons. The van der Waals surface area contributed by atoms with Gasteiger partial charge in [-0.1, -0.05) is 23.2 Å². The van der Waals surface area contributed by atoms with Crippen LogP contribution >= 0.6 is 23.2 Å². The van der Waals surface area contributed by atoms with Gasteiger partial charge in [-0.2, -0.15) is 0 Å². The summed E-state index contributed by atoms with van der Waals surface area (Å²) in [5.41, 5.74) is 6.24. The van der Waals surface area contributed by atoms with E-state index in [4.69, 9.17) is 28.9 Å². The van der Waals surface area contributed by atoms with E-state index in [-0.39, 0.29) is 11.9 Å². The zero-order valence-corrected chi connectivity index (χ0v) is 13.6. The molecule has 0 aromatic heterocycles. The fourth-order valence-electron chi connectivity index (χ4n) is 2.77. The predicted molar refractivity (Wildman–Crippen MR) is 86.7 cm³/mol. The number of amides is 1. The number of nitrogens with zero attached hydrogens (tertiary/aromatic N) is 1. The van der Waals surface area contributed by atoms with Crippen LogP contribution < -0.4 is 11.1 Å². The van der Waals surface area contributed by atoms with Crippen LogP contribution in [0.4, 0.5) is 0 Å². The minimum atomic E-state index is -0.263. The SMILES string of the molecule is CC(NC1CCN(CC(N)=O)CC1)c1cc(Cl)ccc1Cl. The molecule has 2 rings (SSSR count). The van der Waals surface area contributed by atoms with E-state index in [1.807, 2.05) is 12.1 Å². The zero-order chi connectivity index (χ0) is 15.4. The fraction of sp³-hybridized carbons (Fsp3) is 0.533. The lowest BCUT2D eigenvalue weighted by Crippen LogP contribution is -2.45. The molecule has 1 unspecified atom stereocenters. The first-order chi connectivity index (χ1) is 9.95. The first kappa shape index (κ1) is 16.6. The highest BCUT2D eigenvalue weighted by Crippen LogP contribution is 2.27. The van der Waals surface area contributed by atoms with Crippen LogP contribution in [0.15, 0.2) is 18.2 Å². The van der Waals surface area contributed by atoms with Crippen molar-refractivity contribution in [2.24, 2.45) is 5.73 Å². The van der Waals surface area contributed by atoms with E-state index >= 15 is 0 Å². The van der Waals surface area contributed by atoms with E-state index in [1.54, 1.807) is 6.07 Å². The van der Waals surface area contributed by atoms with Crippen molar-refractivity contribution in [2.45, 2.75) is 31.8 Å². The van der Waals surface area contributed by atoms with Crippen LogP contribution in [-0.2, 0) is 4.79 Å². The van der Waals surface area contributed by atoms with E-state index in [0.717, 1.165) is 36.5 Å². The summed E-state index contributed by atoms with van der Waals surface area (Å²) >= 11 is 12.3. The number of rotatable bonds is 5. The van der Waals surface area contributed by atoms with Crippen molar-refractivity contribution in [3.63, 3.8) is 0 Å². The summed E-state index contributed by atoms with van der Waals surface area (Å²) in [5, 5.41) is 5.01. The monoisotopic (exact) mass is 329 g/mol. The van der Waals surface area contributed by atoms with Gasteiger partial charge in [0.05, 0.1) is 6.54 Å². The van der Waals surface area contributed by atoms with Gasteiger partial charge in [0, 0.05) is 35.2 Å². The molecule has 1 aromatic carbocycles. The smallest absolute Gasteiger partial charge is 0.231 e. The lowest BCUT2D eigenvalue weighted by molar-refractivity contribution is -0.119. The van der Waals surface area contributed by atoms with E-state index in [0.29, 0.717) is 17.6 Å². The molecule has 1 atom stereocenters. The zero-order valence-electron chi connectivity index (χ0n) is 12.1. The van der Waals surface area contributed by atoms with Crippen molar-refractivity contribution in [1.29, 1.82) is 0 Å². The Labute approximate surface area is 135 Å². The molecule has 1 amide bonds. The van der Waals surface area contributed by atoms with Crippen LogP contribution in [0.25, 0.3) is 0 Å². The molecule has 1 saturated heterocycles. The number of likely N-dealkylation sites (tertiary alicyclic amines) is 1. The molecule has 1 aliphatic rings. The molecule has 3 N–H and O–H groups in total. The molecule has 0 aliphatic carbocycles. The van der Waals surface area contributed by atoms with Crippen LogP contribution in [0.2, 0.25) is 10.0 Å². The van der Waals surface area contributed by atoms with Crippen LogP contribution in [0.5, 0.6) is 0 Å². The summed E-state index contributed by atoms with van der Waals surface area (Å²) in [7, 11) is 0. The van der Waals surface area contributed by atoms with Gasteiger partial charge >= 0.3 is 0 Å². The number of carbonyl (C=O) groups is 1. The Hall–Kier alpha value is -0.810. The molecular weight excluding hydrogens is 309 g/mol. The van der Waals surface area contributed by atoms with Crippen molar-refractivity contribution in [3.8, 4) is 0 Å². The van der Waals surface area contributed by atoms with Crippen LogP contribution in [-0.4, -0.2) is 36.5 Å². The molecule has 0 radical (unpaired) electrons. The van der Waals surface area contributed by atoms with E-state index in [2.05, 4.69) is 17.1 Å². The van der Waals surface area contributed by atoms with Crippen LogP contribution in [0, 0.1) is 0 Å². The Kier molecular flexibility index (Phi) is 5.88. The van der Waals surface area contributed by atoms with E-state index < -0.39 is 0 Å². The molecule has 21 heavy (non-hydrogen) atoms. The summed E-state index contributed by atoms with van der Waals surface area (Å²) in [6.45, 7) is 4.21. The van der Waals surface area contributed by atoms with Crippen LogP contribution in [0.3, 0.4) is 0 Å². The molecule has 1 fully saturated rings. The number of nitrogens with one attached hydrogen (secondary N) is 1. The molecule has 6 heteroatoms. The average Bonchev–Trinajstić information content (AvgIpc) is 2.43. The highest BCUT2D eigenvalue weighted by atomic mass is 35.5. The maximum absolute atomic E-state index is 10.9. The number of hydrogen-bond donors (Lipinski definition) is 2. The van der Waals surface area contributed by atoms with Gasteiger partial charge in [0.1, 0.15) is 0 Å². The maximum atomic E-state index is 10.9. The van der Waals surface area contributed by atoms with E-state index in [9.17, 15) is 4.79 Å². The molecular formula is C15H21Cl2N3O. The highest BCUT2D eigenvalue weighted by molar-refractivity contribution is 6.33. The summed E-state index contributed by atoms with van der Waals surface area (Å²) in [6.07, 6.45) is 1.99. The number of primary amides is 1. The minimum absolute atomic E-state index is 0.142. The minimum Gasteiger partial charge on any atom is -0.369 e. The quantitative estimate of drug-likeness (QED) is 0.872. The third kappa shape index (κ3) is 4.85. The van der Waals surface area contributed by atoms with Gasteiger partial charge in [0.25, 0.3) is 0 Å². The molecule has 0 spiro atoms. The first-order valence-corrected chi connectivity index (χ1v) is 7.93. The first-order valence-electron chi connectivity index (χ1n) is 7.17. The van der Waals surface area contributed by atoms with Gasteiger partial charge in [0.15, 0.2) is 0 Å². The lowest BCUT2D eigenvalue weighted by Gasteiger charge is -2.33. The number of piperidine rings is 1. The fourth-order valence-corrected chi connectivity index (χ4v) is 3.23. The standard InChI is InChI=1S/C15H21Cl2N3O/c1-10(13-8-11(16)2-3-14(13)17)19-12-4-6-20(7-5-12)9-15(18)21/h2-3,8,10,12,19H,4-7,9H2,1H3,(H2,18,21). The maximum Gasteiger partial charge on any atom is 0.231 e. The van der Waals surface area contributed by atoms with Gasteiger partial charge < -0.3 is 11.1 Å². The second kappa shape index (κ2) is 7.45. The van der Waals surface area contributed by atoms with Gasteiger partial charge in [-0.15, -0.1) is 0 Å². The Morgan fingerprint density at radius 2 is 2.10 bits per heavy atom. The molecule has 0 bridgehead atoms. The van der Waals surface area contributed by atoms with Gasteiger partial charge in [-0.25, -0.2) is 0 Å². The Bertz CT molecular complexity index is 502. The van der Waals surface area contributed by atoms with Gasteiger partial charge in [0.2, 0.25) is 5.91 Å². The lowest BCUT2D eigenvalue weighted by atomic mass is 10.0. The topological polar surface area (TPSA) is 58.4 Å². The van der Waals surface area contributed by atoms with E-state index in [1.165, 1.54) is 0 Å². The predicted octanol–water partition coefficient (Wildman–Crippen LogP) is 2.59. The summed E-state index contributed by atoms with van der Waals surface area (Å²) < 4.78 is 0. The molecule has 1 heterocycles. The summed E-state index contributed by atoms with van der Waals surface area (Å²) in [5.74, 6) is -0.263. The highest BCUT2D eigenvalue weighted by Gasteiger charge is 2.22. The van der Waals surface area contributed by atoms with Gasteiger partial charge in [-0.05, 0) is 43.5 Å². The number of benzene rings is 1. The third-order valence-corrected chi connectivity index (χ3v) is 4.46.